The third-order valence-corrected chi connectivity index (χ3v) is 1.87. The first-order valence-corrected chi connectivity index (χ1v) is 3.68. The number of nitrogens with two attached hydrogens (primary N) is 1. The summed E-state index contributed by atoms with van der Waals surface area (Å²) in [6.07, 6.45) is 0. The molecule has 0 atom stereocenters. The summed E-state index contributed by atoms with van der Waals surface area (Å²) in [4.78, 5) is 0. The Balaban J connectivity index is -0.000000245. The van der Waals surface area contributed by atoms with Gasteiger partial charge in [0.2, 0.25) is 0 Å². The van der Waals surface area contributed by atoms with Crippen LogP contribution in [0.15, 0.2) is 0 Å². The monoisotopic (exact) mass is 179 g/mol. The molecule has 4 nitrogen and oxygen atoms in total. The fraction of sp³-hybridized carbons (Fsp3) is 1.00. The molecule has 0 rings (SSSR count). The second-order valence-corrected chi connectivity index (χ2v) is 3.07. The van der Waals surface area contributed by atoms with Gasteiger partial charge in [0.15, 0.2) is 0 Å². The second kappa shape index (κ2) is 6.23. The molecular weight excluding hydrogens is 169 g/mol. The molecule has 0 aliphatic rings. The van der Waals surface area contributed by atoms with Gasteiger partial charge in [0.05, 0.1) is 12.9 Å². The molecule has 9 heavy (non-hydrogen) atoms. The normalized spacial score (nSPS) is 10.4. The Hall–Kier alpha value is 1.51. The van der Waals surface area contributed by atoms with Crippen LogP contribution >= 0.6 is 0 Å². The maximum Gasteiger partial charge on any atom is 1.00 e. The molecule has 0 aromatic carbocycles. The van der Waals surface area contributed by atoms with Crippen molar-refractivity contribution in [2.45, 2.75) is 0 Å². The molecule has 0 aliphatic heterocycles. The Morgan fingerprint density at radius 2 is 2.11 bits per heavy atom. The van der Waals surface area contributed by atoms with Crippen LogP contribution in [0.3, 0.4) is 0 Å². The van der Waals surface area contributed by atoms with Gasteiger partial charge >= 0.3 is 51.4 Å². The molecule has 0 aromatic heterocycles. The summed E-state index contributed by atoms with van der Waals surface area (Å²) in [5.41, 5.74) is 4.93. The maximum atomic E-state index is 10.3. The van der Waals surface area contributed by atoms with Crippen LogP contribution in [0, 0.1) is 0 Å². The predicted octanol–water partition coefficient (Wildman–Crippen LogP) is -3.96. The Morgan fingerprint density at radius 1 is 1.67 bits per heavy atom. The van der Waals surface area contributed by atoms with Crippen LogP contribution in [0.4, 0.5) is 0 Å². The molecule has 0 spiro atoms. The SMILES string of the molecule is COS(=O)(=O)CCN.[H-].[K+]. The topological polar surface area (TPSA) is 69.4 Å². The van der Waals surface area contributed by atoms with E-state index in [0.717, 1.165) is 7.11 Å². The molecule has 0 radical (unpaired) electrons. The number of hydrogen-bond donors (Lipinski definition) is 1. The van der Waals surface area contributed by atoms with Crippen molar-refractivity contribution in [1.29, 1.82) is 0 Å². The molecule has 0 amide bonds. The standard InChI is InChI=1S/C3H9NO3S.K.H/c1-7-8(5,6)3-2-4;;/h2-4H2,1H3;;/q;+1;-1. The summed E-state index contributed by atoms with van der Waals surface area (Å²) < 4.78 is 24.7. The molecule has 0 saturated heterocycles. The third kappa shape index (κ3) is 7.40. The summed E-state index contributed by atoms with van der Waals surface area (Å²) in [5, 5.41) is 0. The minimum Gasteiger partial charge on any atom is -1.00 e. The van der Waals surface area contributed by atoms with Gasteiger partial charge in [-0.15, -0.1) is 0 Å². The van der Waals surface area contributed by atoms with E-state index in [0.29, 0.717) is 0 Å². The summed E-state index contributed by atoms with van der Waals surface area (Å²) in [5.74, 6) is -0.108. The zero-order chi connectivity index (χ0) is 6.62. The summed E-state index contributed by atoms with van der Waals surface area (Å²) in [6, 6.07) is 0. The molecule has 0 aromatic rings. The average Bonchev–Trinajstić information content (AvgIpc) is 1.67. The van der Waals surface area contributed by atoms with Crippen molar-refractivity contribution in [3.63, 3.8) is 0 Å². The van der Waals surface area contributed by atoms with Crippen LogP contribution in [0.25, 0.3) is 0 Å². The quantitative estimate of drug-likeness (QED) is 0.354. The maximum absolute atomic E-state index is 10.3. The summed E-state index contributed by atoms with van der Waals surface area (Å²) in [6.45, 7) is 0.107. The summed E-state index contributed by atoms with van der Waals surface area (Å²) in [7, 11) is -2.18. The molecule has 2 N–H and O–H groups in total. The smallest absolute Gasteiger partial charge is 1.00 e. The zero-order valence-electron chi connectivity index (χ0n) is 6.62. The van der Waals surface area contributed by atoms with E-state index < -0.39 is 10.1 Å². The Labute approximate surface area is 99.2 Å². The van der Waals surface area contributed by atoms with Crippen LogP contribution in [0.5, 0.6) is 0 Å². The van der Waals surface area contributed by atoms with E-state index in [1.165, 1.54) is 0 Å². The molecule has 0 bridgehead atoms. The second-order valence-electron chi connectivity index (χ2n) is 1.22. The van der Waals surface area contributed by atoms with E-state index in [2.05, 4.69) is 4.18 Å². The van der Waals surface area contributed by atoms with Crippen LogP contribution in [0.2, 0.25) is 0 Å². The number of rotatable bonds is 3. The van der Waals surface area contributed by atoms with Crippen molar-refractivity contribution in [2.75, 3.05) is 19.4 Å². The van der Waals surface area contributed by atoms with E-state index in [-0.39, 0.29) is 65.1 Å². The van der Waals surface area contributed by atoms with Crippen LogP contribution in [-0.4, -0.2) is 27.8 Å². The molecule has 0 heterocycles. The van der Waals surface area contributed by atoms with E-state index in [9.17, 15) is 8.42 Å². The molecule has 0 unspecified atom stereocenters. The van der Waals surface area contributed by atoms with Crippen molar-refractivity contribution in [2.24, 2.45) is 5.73 Å². The van der Waals surface area contributed by atoms with Crippen LogP contribution in [-0.2, 0) is 14.3 Å². The van der Waals surface area contributed by atoms with Gasteiger partial charge in [0, 0.05) is 6.54 Å². The Kier molecular flexibility index (Phi) is 9.09. The van der Waals surface area contributed by atoms with Crippen molar-refractivity contribution in [1.82, 2.24) is 0 Å². The first kappa shape index (κ1) is 13.1. The third-order valence-electron chi connectivity index (χ3n) is 0.622. The minimum atomic E-state index is -3.29. The van der Waals surface area contributed by atoms with Gasteiger partial charge in [0.25, 0.3) is 10.1 Å². The number of hydrogen-bond acceptors (Lipinski definition) is 4. The molecule has 0 saturated carbocycles. The Bertz CT molecular complexity index is 148. The molecule has 52 valence electrons. The van der Waals surface area contributed by atoms with Gasteiger partial charge in [-0.05, 0) is 0 Å². The van der Waals surface area contributed by atoms with E-state index >= 15 is 0 Å². The van der Waals surface area contributed by atoms with E-state index in [1.807, 2.05) is 0 Å². The van der Waals surface area contributed by atoms with E-state index in [4.69, 9.17) is 5.73 Å². The first-order valence-electron chi connectivity index (χ1n) is 2.11. The van der Waals surface area contributed by atoms with Gasteiger partial charge in [-0.3, -0.25) is 4.18 Å². The zero-order valence-corrected chi connectivity index (χ0v) is 9.56. The van der Waals surface area contributed by atoms with Crippen molar-refractivity contribution < 1.29 is 65.4 Å². The summed E-state index contributed by atoms with van der Waals surface area (Å²) >= 11 is 0. The molecule has 6 heteroatoms. The van der Waals surface area contributed by atoms with Crippen molar-refractivity contribution in [3.05, 3.63) is 0 Å². The molecular formula is C3H10KNO3S. The fourth-order valence-electron chi connectivity index (χ4n) is 0.228. The molecule has 0 fully saturated rings. The van der Waals surface area contributed by atoms with Crippen LogP contribution in [0.1, 0.15) is 1.43 Å². The van der Waals surface area contributed by atoms with E-state index in [1.54, 1.807) is 0 Å². The molecule has 0 aliphatic carbocycles. The largest absolute Gasteiger partial charge is 1.00 e. The van der Waals surface area contributed by atoms with Gasteiger partial charge in [0.1, 0.15) is 0 Å². The van der Waals surface area contributed by atoms with Gasteiger partial charge in [-0.2, -0.15) is 8.42 Å². The average molecular weight is 179 g/mol. The first-order chi connectivity index (χ1) is 3.62. The fourth-order valence-corrected chi connectivity index (χ4v) is 0.683. The van der Waals surface area contributed by atoms with Crippen molar-refractivity contribution in [3.8, 4) is 0 Å². The van der Waals surface area contributed by atoms with Crippen LogP contribution < -0.4 is 57.1 Å². The Morgan fingerprint density at radius 3 is 2.22 bits per heavy atom. The van der Waals surface area contributed by atoms with Gasteiger partial charge < -0.3 is 7.16 Å². The van der Waals surface area contributed by atoms with Crippen molar-refractivity contribution >= 4 is 10.1 Å². The predicted molar refractivity (Wildman–Crippen MR) is 31.0 cm³/mol. The van der Waals surface area contributed by atoms with Gasteiger partial charge in [-0.25, -0.2) is 0 Å². The minimum absolute atomic E-state index is 0. The van der Waals surface area contributed by atoms with Gasteiger partial charge in [-0.1, -0.05) is 0 Å².